The molecule has 1 saturated carbocycles. The van der Waals surface area contributed by atoms with Crippen LogP contribution in [-0.4, -0.2) is 33.6 Å². The first-order valence-electron chi connectivity index (χ1n) is 7.20. The third-order valence-corrected chi connectivity index (χ3v) is 3.99. The van der Waals surface area contributed by atoms with Gasteiger partial charge in [-0.05, 0) is 39.7 Å². The fraction of sp³-hybridized carbons (Fsp3) is 0.533. The second-order valence-electron chi connectivity index (χ2n) is 5.86. The van der Waals surface area contributed by atoms with Crippen molar-refractivity contribution in [1.29, 1.82) is 0 Å². The highest BCUT2D eigenvalue weighted by atomic mass is 16.5. The number of nitrogens with zero attached hydrogens (tertiary/aromatic N) is 4. The van der Waals surface area contributed by atoms with E-state index in [1.165, 1.54) is 12.8 Å². The minimum Gasteiger partial charge on any atom is -0.475 e. The lowest BCUT2D eigenvalue weighted by atomic mass is 10.2. The van der Waals surface area contributed by atoms with Crippen LogP contribution in [0.25, 0.3) is 10.9 Å². The van der Waals surface area contributed by atoms with Gasteiger partial charge in [0.1, 0.15) is 23.6 Å². The number of ether oxygens (including phenoxy) is 1. The van der Waals surface area contributed by atoms with Crippen LogP contribution in [0.2, 0.25) is 0 Å². The smallest absolute Gasteiger partial charge is 0.227 e. The molecule has 0 N–H and O–H groups in total. The molecule has 0 saturated heterocycles. The van der Waals surface area contributed by atoms with E-state index in [4.69, 9.17) is 9.72 Å². The Kier molecular flexibility index (Phi) is 2.40. The largest absolute Gasteiger partial charge is 0.475 e. The molecule has 0 aromatic carbocycles. The summed E-state index contributed by atoms with van der Waals surface area (Å²) < 4.78 is 5.93. The van der Waals surface area contributed by atoms with E-state index in [-0.39, 0.29) is 0 Å². The van der Waals surface area contributed by atoms with E-state index in [0.717, 1.165) is 28.2 Å². The maximum atomic E-state index is 5.93. The van der Waals surface area contributed by atoms with Gasteiger partial charge in [-0.1, -0.05) is 0 Å². The highest BCUT2D eigenvalue weighted by Crippen LogP contribution is 2.40. The fourth-order valence-corrected chi connectivity index (χ4v) is 3.00. The van der Waals surface area contributed by atoms with Crippen molar-refractivity contribution in [3.63, 3.8) is 0 Å². The SMILES string of the molecule is Cc1cc2nc(C)nc3c2c(n1)OCC(C)N3C1CC1. The molecule has 2 aromatic heterocycles. The van der Waals surface area contributed by atoms with E-state index in [2.05, 4.69) is 21.8 Å². The summed E-state index contributed by atoms with van der Waals surface area (Å²) in [4.78, 5) is 16.2. The third-order valence-electron chi connectivity index (χ3n) is 3.99. The van der Waals surface area contributed by atoms with Gasteiger partial charge in [0, 0.05) is 11.7 Å². The zero-order valence-electron chi connectivity index (χ0n) is 12.1. The molecule has 4 rings (SSSR count). The van der Waals surface area contributed by atoms with Crippen molar-refractivity contribution >= 4 is 16.7 Å². The van der Waals surface area contributed by atoms with E-state index in [0.29, 0.717) is 24.6 Å². The highest BCUT2D eigenvalue weighted by molar-refractivity contribution is 5.94. The number of rotatable bonds is 1. The van der Waals surface area contributed by atoms with Crippen LogP contribution in [0.5, 0.6) is 5.88 Å². The summed E-state index contributed by atoms with van der Waals surface area (Å²) in [5, 5.41) is 0.970. The monoisotopic (exact) mass is 270 g/mol. The predicted octanol–water partition coefficient (Wildman–Crippen LogP) is 2.39. The van der Waals surface area contributed by atoms with Gasteiger partial charge >= 0.3 is 0 Å². The molecule has 20 heavy (non-hydrogen) atoms. The zero-order chi connectivity index (χ0) is 13.9. The van der Waals surface area contributed by atoms with Gasteiger partial charge in [-0.3, -0.25) is 0 Å². The highest BCUT2D eigenvalue weighted by Gasteiger charge is 2.37. The second kappa shape index (κ2) is 4.04. The number of anilines is 1. The van der Waals surface area contributed by atoms with Gasteiger partial charge in [-0.25, -0.2) is 15.0 Å². The molecule has 1 aliphatic carbocycles. The first-order chi connectivity index (χ1) is 9.63. The minimum absolute atomic E-state index is 0.314. The Morgan fingerprint density at radius 2 is 2.00 bits per heavy atom. The molecule has 2 aromatic rings. The number of hydrogen-bond donors (Lipinski definition) is 0. The van der Waals surface area contributed by atoms with Crippen LogP contribution in [0.1, 0.15) is 31.3 Å². The molecule has 1 fully saturated rings. The lowest BCUT2D eigenvalue weighted by Crippen LogP contribution is -2.38. The van der Waals surface area contributed by atoms with Crippen LogP contribution in [0, 0.1) is 13.8 Å². The maximum Gasteiger partial charge on any atom is 0.227 e. The standard InChI is InChI=1S/C15H18N4O/c1-8-6-12-13-14(18-10(3)17-12)19(11-4-5-11)9(2)7-20-15(13)16-8/h6,9,11H,4-5,7H2,1-3H3. The van der Waals surface area contributed by atoms with Crippen LogP contribution >= 0.6 is 0 Å². The fourth-order valence-electron chi connectivity index (χ4n) is 3.00. The Morgan fingerprint density at radius 3 is 2.75 bits per heavy atom. The van der Waals surface area contributed by atoms with Crippen LogP contribution in [0.15, 0.2) is 6.07 Å². The molecule has 0 radical (unpaired) electrons. The van der Waals surface area contributed by atoms with Gasteiger partial charge in [0.2, 0.25) is 5.88 Å². The minimum atomic E-state index is 0.314. The topological polar surface area (TPSA) is 51.1 Å². The van der Waals surface area contributed by atoms with E-state index in [1.54, 1.807) is 0 Å². The van der Waals surface area contributed by atoms with Crippen LogP contribution in [0.4, 0.5) is 5.82 Å². The Balaban J connectivity index is 2.05. The van der Waals surface area contributed by atoms with Crippen molar-refractivity contribution in [2.24, 2.45) is 0 Å². The summed E-state index contributed by atoms with van der Waals surface area (Å²) in [6.45, 7) is 6.77. The van der Waals surface area contributed by atoms with Crippen LogP contribution in [-0.2, 0) is 0 Å². The molecule has 1 aliphatic heterocycles. The summed E-state index contributed by atoms with van der Waals surface area (Å²) in [5.74, 6) is 2.50. The molecule has 104 valence electrons. The van der Waals surface area contributed by atoms with Crippen molar-refractivity contribution in [3.8, 4) is 5.88 Å². The quantitative estimate of drug-likeness (QED) is 0.796. The first kappa shape index (κ1) is 11.9. The molecular weight excluding hydrogens is 252 g/mol. The zero-order valence-corrected chi connectivity index (χ0v) is 12.1. The predicted molar refractivity (Wildman–Crippen MR) is 77.3 cm³/mol. The Morgan fingerprint density at radius 1 is 1.20 bits per heavy atom. The first-order valence-corrected chi connectivity index (χ1v) is 7.20. The molecule has 5 nitrogen and oxygen atoms in total. The molecular formula is C15H18N4O. The molecule has 0 spiro atoms. The van der Waals surface area contributed by atoms with Crippen molar-refractivity contribution in [2.75, 3.05) is 11.5 Å². The van der Waals surface area contributed by atoms with Gasteiger partial charge in [0.15, 0.2) is 0 Å². The normalized spacial score (nSPS) is 21.8. The van der Waals surface area contributed by atoms with Gasteiger partial charge in [-0.2, -0.15) is 0 Å². The molecule has 5 heteroatoms. The van der Waals surface area contributed by atoms with Crippen molar-refractivity contribution in [3.05, 3.63) is 17.6 Å². The van der Waals surface area contributed by atoms with E-state index in [9.17, 15) is 0 Å². The second-order valence-corrected chi connectivity index (χ2v) is 5.86. The number of aromatic nitrogens is 3. The molecule has 0 amide bonds. The Labute approximate surface area is 118 Å². The third kappa shape index (κ3) is 1.72. The van der Waals surface area contributed by atoms with Crippen LogP contribution in [0.3, 0.4) is 0 Å². The van der Waals surface area contributed by atoms with Crippen molar-refractivity contribution in [2.45, 2.75) is 45.7 Å². The number of pyridine rings is 1. The molecule has 2 aliphatic rings. The molecule has 1 unspecified atom stereocenters. The molecule has 3 heterocycles. The Bertz CT molecular complexity index is 691. The molecule has 0 bridgehead atoms. The van der Waals surface area contributed by atoms with Gasteiger partial charge in [-0.15, -0.1) is 0 Å². The summed E-state index contributed by atoms with van der Waals surface area (Å²) in [5.41, 5.74) is 1.87. The average Bonchev–Trinajstić information content (AvgIpc) is 3.19. The summed E-state index contributed by atoms with van der Waals surface area (Å²) in [6, 6.07) is 2.93. The van der Waals surface area contributed by atoms with Crippen LogP contribution < -0.4 is 9.64 Å². The average molecular weight is 270 g/mol. The lowest BCUT2D eigenvalue weighted by Gasteiger charge is -2.28. The van der Waals surface area contributed by atoms with Gasteiger partial charge in [0.05, 0.1) is 11.6 Å². The van der Waals surface area contributed by atoms with Crippen molar-refractivity contribution < 1.29 is 4.74 Å². The van der Waals surface area contributed by atoms with E-state index < -0.39 is 0 Å². The summed E-state index contributed by atoms with van der Waals surface area (Å²) >= 11 is 0. The lowest BCUT2D eigenvalue weighted by molar-refractivity contribution is 0.285. The molecule has 1 atom stereocenters. The van der Waals surface area contributed by atoms with Gasteiger partial charge < -0.3 is 9.64 Å². The number of hydrogen-bond acceptors (Lipinski definition) is 5. The van der Waals surface area contributed by atoms with Gasteiger partial charge in [0.25, 0.3) is 0 Å². The Hall–Kier alpha value is -1.91. The number of aryl methyl sites for hydroxylation is 2. The van der Waals surface area contributed by atoms with E-state index >= 15 is 0 Å². The maximum absolute atomic E-state index is 5.93. The van der Waals surface area contributed by atoms with Crippen molar-refractivity contribution in [1.82, 2.24) is 15.0 Å². The van der Waals surface area contributed by atoms with E-state index in [1.807, 2.05) is 19.9 Å². The summed E-state index contributed by atoms with van der Waals surface area (Å²) in [7, 11) is 0. The summed E-state index contributed by atoms with van der Waals surface area (Å²) in [6.07, 6.45) is 2.48.